The molecule has 0 spiro atoms. The third-order valence-corrected chi connectivity index (χ3v) is 3.12. The van der Waals surface area contributed by atoms with Crippen LogP contribution >= 0.6 is 11.3 Å². The Kier molecular flexibility index (Phi) is 4.82. The summed E-state index contributed by atoms with van der Waals surface area (Å²) in [6.45, 7) is 1.86. The van der Waals surface area contributed by atoms with Gasteiger partial charge in [0.1, 0.15) is 5.69 Å². The number of nitrogens with one attached hydrogen (secondary N) is 1. The van der Waals surface area contributed by atoms with E-state index < -0.39 is 0 Å². The molecule has 1 amide bonds. The number of carbonyl (C=O) groups is 1. The predicted octanol–water partition coefficient (Wildman–Crippen LogP) is 1.83. The topological polar surface area (TPSA) is 75.1 Å². The molecular weight excluding hydrogens is 274 g/mol. The van der Waals surface area contributed by atoms with Crippen LogP contribution in [-0.4, -0.2) is 27.6 Å². The minimum atomic E-state index is -0.294. The van der Waals surface area contributed by atoms with Crippen molar-refractivity contribution in [1.82, 2.24) is 9.97 Å². The van der Waals surface area contributed by atoms with Crippen LogP contribution < -0.4 is 5.32 Å². The van der Waals surface area contributed by atoms with Gasteiger partial charge < -0.3 is 5.11 Å². The van der Waals surface area contributed by atoms with E-state index >= 15 is 0 Å². The molecule has 0 aliphatic rings. The van der Waals surface area contributed by atoms with E-state index in [9.17, 15) is 4.79 Å². The van der Waals surface area contributed by atoms with Crippen LogP contribution in [0.25, 0.3) is 0 Å². The molecule has 0 aliphatic heterocycles. The molecule has 0 radical (unpaired) electrons. The number of thiazole rings is 1. The summed E-state index contributed by atoms with van der Waals surface area (Å²) in [6.07, 6.45) is 2.02. The summed E-state index contributed by atoms with van der Waals surface area (Å²) in [4.78, 5) is 20.9. The average molecular weight is 287 g/mol. The highest BCUT2D eigenvalue weighted by atomic mass is 32.1. The van der Waals surface area contributed by atoms with E-state index in [1.165, 1.54) is 11.3 Å². The fourth-order valence-electron chi connectivity index (χ4n) is 1.43. The molecule has 0 unspecified atom stereocenters. The standard InChI is InChI=1S/C14H13N3O2S/c1-10-5-4-7-12(16-10)13(19)17-14-15-9-11(20-14)6-2-3-8-18/h4-5,7,9,18H,3,8H2,1H3,(H,15,17,19). The molecule has 2 rings (SSSR count). The molecule has 0 saturated heterocycles. The zero-order valence-corrected chi connectivity index (χ0v) is 11.7. The first-order chi connectivity index (χ1) is 9.69. The van der Waals surface area contributed by atoms with Crippen molar-refractivity contribution in [2.24, 2.45) is 0 Å². The maximum atomic E-state index is 12.0. The number of anilines is 1. The number of aliphatic hydroxyl groups excluding tert-OH is 1. The lowest BCUT2D eigenvalue weighted by atomic mass is 10.3. The molecule has 0 bridgehead atoms. The van der Waals surface area contributed by atoms with Crippen LogP contribution in [0.5, 0.6) is 0 Å². The lowest BCUT2D eigenvalue weighted by molar-refractivity contribution is 0.102. The third-order valence-electron chi connectivity index (χ3n) is 2.30. The maximum absolute atomic E-state index is 12.0. The van der Waals surface area contributed by atoms with Gasteiger partial charge in [-0.15, -0.1) is 0 Å². The number of aliphatic hydroxyl groups is 1. The summed E-state index contributed by atoms with van der Waals surface area (Å²) in [5.41, 5.74) is 1.14. The Morgan fingerprint density at radius 1 is 1.50 bits per heavy atom. The van der Waals surface area contributed by atoms with Crippen LogP contribution in [0.15, 0.2) is 24.4 Å². The summed E-state index contributed by atoms with van der Waals surface area (Å²) in [5.74, 6) is 5.38. The van der Waals surface area contributed by atoms with Crippen LogP contribution in [0.2, 0.25) is 0 Å². The van der Waals surface area contributed by atoms with Gasteiger partial charge in [-0.25, -0.2) is 9.97 Å². The summed E-state index contributed by atoms with van der Waals surface area (Å²) in [7, 11) is 0. The number of carbonyl (C=O) groups excluding carboxylic acids is 1. The second-order valence-electron chi connectivity index (χ2n) is 3.92. The fraction of sp³-hybridized carbons (Fsp3) is 0.214. The van der Waals surface area contributed by atoms with Crippen molar-refractivity contribution in [1.29, 1.82) is 0 Å². The van der Waals surface area contributed by atoms with Crippen molar-refractivity contribution in [3.63, 3.8) is 0 Å². The SMILES string of the molecule is Cc1cccc(C(=O)Nc2ncc(C#CCCO)s2)n1. The van der Waals surface area contributed by atoms with Gasteiger partial charge in [-0.1, -0.05) is 29.2 Å². The molecule has 0 aromatic carbocycles. The Labute approximate surface area is 120 Å². The number of nitrogens with zero attached hydrogens (tertiary/aromatic N) is 2. The zero-order chi connectivity index (χ0) is 14.4. The maximum Gasteiger partial charge on any atom is 0.276 e. The van der Waals surface area contributed by atoms with Crippen molar-refractivity contribution < 1.29 is 9.90 Å². The molecule has 0 aliphatic carbocycles. The van der Waals surface area contributed by atoms with Crippen molar-refractivity contribution in [3.05, 3.63) is 40.7 Å². The summed E-state index contributed by atoms with van der Waals surface area (Å²) >= 11 is 1.28. The number of pyridine rings is 1. The molecule has 20 heavy (non-hydrogen) atoms. The Bertz CT molecular complexity index is 670. The molecule has 0 fully saturated rings. The van der Waals surface area contributed by atoms with Gasteiger partial charge in [0, 0.05) is 12.1 Å². The van der Waals surface area contributed by atoms with Gasteiger partial charge in [-0.2, -0.15) is 0 Å². The molecule has 2 heterocycles. The zero-order valence-electron chi connectivity index (χ0n) is 10.9. The van der Waals surface area contributed by atoms with Gasteiger partial charge in [0.25, 0.3) is 5.91 Å². The number of amides is 1. The second kappa shape index (κ2) is 6.80. The highest BCUT2D eigenvalue weighted by Gasteiger charge is 2.09. The molecule has 2 N–H and O–H groups in total. The molecule has 5 nitrogen and oxygen atoms in total. The molecule has 102 valence electrons. The first-order valence-corrected chi connectivity index (χ1v) is 6.81. The van der Waals surface area contributed by atoms with E-state index in [0.717, 1.165) is 10.6 Å². The largest absolute Gasteiger partial charge is 0.395 e. The van der Waals surface area contributed by atoms with Crippen LogP contribution in [-0.2, 0) is 0 Å². The van der Waals surface area contributed by atoms with Gasteiger partial charge in [-0.05, 0) is 19.1 Å². The van der Waals surface area contributed by atoms with E-state index in [0.29, 0.717) is 17.2 Å². The molecule has 2 aromatic rings. The molecule has 6 heteroatoms. The van der Waals surface area contributed by atoms with Crippen LogP contribution in [0.1, 0.15) is 27.5 Å². The van der Waals surface area contributed by atoms with Crippen molar-refractivity contribution in [2.75, 3.05) is 11.9 Å². The van der Waals surface area contributed by atoms with E-state index in [1.807, 2.05) is 13.0 Å². The van der Waals surface area contributed by atoms with Crippen molar-refractivity contribution in [3.8, 4) is 11.8 Å². The van der Waals surface area contributed by atoms with Gasteiger partial charge in [-0.3, -0.25) is 10.1 Å². The number of aryl methyl sites for hydroxylation is 1. The Morgan fingerprint density at radius 2 is 2.35 bits per heavy atom. The number of aromatic nitrogens is 2. The van der Waals surface area contributed by atoms with Crippen LogP contribution in [0, 0.1) is 18.8 Å². The van der Waals surface area contributed by atoms with Crippen molar-refractivity contribution in [2.45, 2.75) is 13.3 Å². The van der Waals surface area contributed by atoms with Crippen LogP contribution in [0.3, 0.4) is 0 Å². The lowest BCUT2D eigenvalue weighted by Gasteiger charge is -2.01. The van der Waals surface area contributed by atoms with Gasteiger partial charge in [0.05, 0.1) is 17.7 Å². The van der Waals surface area contributed by atoms with E-state index in [4.69, 9.17) is 5.11 Å². The molecular formula is C14H13N3O2S. The summed E-state index contributed by atoms with van der Waals surface area (Å²) in [5, 5.41) is 11.8. The average Bonchev–Trinajstić information content (AvgIpc) is 2.86. The predicted molar refractivity (Wildman–Crippen MR) is 77.6 cm³/mol. The highest BCUT2D eigenvalue weighted by molar-refractivity contribution is 7.16. The molecule has 2 aromatic heterocycles. The molecule has 0 atom stereocenters. The minimum absolute atomic E-state index is 0.0361. The highest BCUT2D eigenvalue weighted by Crippen LogP contribution is 2.17. The van der Waals surface area contributed by atoms with Crippen LogP contribution in [0.4, 0.5) is 5.13 Å². The summed E-state index contributed by atoms with van der Waals surface area (Å²) in [6, 6.07) is 5.26. The fourth-order valence-corrected chi connectivity index (χ4v) is 2.11. The second-order valence-corrected chi connectivity index (χ2v) is 4.95. The quantitative estimate of drug-likeness (QED) is 0.845. The smallest absolute Gasteiger partial charge is 0.276 e. The number of hydrogen-bond acceptors (Lipinski definition) is 5. The van der Waals surface area contributed by atoms with Gasteiger partial charge in [0.2, 0.25) is 0 Å². The first kappa shape index (κ1) is 14.2. The first-order valence-electron chi connectivity index (χ1n) is 5.99. The van der Waals surface area contributed by atoms with E-state index in [-0.39, 0.29) is 12.5 Å². The van der Waals surface area contributed by atoms with Gasteiger partial charge >= 0.3 is 0 Å². The van der Waals surface area contributed by atoms with Gasteiger partial charge in [0.15, 0.2) is 5.13 Å². The lowest BCUT2D eigenvalue weighted by Crippen LogP contribution is -2.13. The number of hydrogen-bond donors (Lipinski definition) is 2. The molecule has 0 saturated carbocycles. The number of rotatable bonds is 3. The Morgan fingerprint density at radius 3 is 3.10 bits per heavy atom. The van der Waals surface area contributed by atoms with E-state index in [2.05, 4.69) is 27.1 Å². The minimum Gasteiger partial charge on any atom is -0.395 e. The van der Waals surface area contributed by atoms with E-state index in [1.54, 1.807) is 18.3 Å². The summed E-state index contributed by atoms with van der Waals surface area (Å²) < 4.78 is 0. The monoisotopic (exact) mass is 287 g/mol. The Hall–Kier alpha value is -2.23. The Balaban J connectivity index is 2.04. The third kappa shape index (κ3) is 3.88. The normalized spacial score (nSPS) is 9.70. The van der Waals surface area contributed by atoms with Crippen molar-refractivity contribution >= 4 is 22.4 Å².